The number of amides is 1. The summed E-state index contributed by atoms with van der Waals surface area (Å²) < 4.78 is 27.8. The maximum absolute atomic E-state index is 14.0. The zero-order valence-corrected chi connectivity index (χ0v) is 12.2. The molecule has 0 spiro atoms. The number of rotatable bonds is 4. The molecule has 1 aromatic rings. The maximum Gasteiger partial charge on any atom is 0.251 e. The molecule has 5 heteroatoms. The van der Waals surface area contributed by atoms with Crippen LogP contribution in [0.4, 0.5) is 8.78 Å². The molecule has 0 atom stereocenters. The molecule has 2 N–H and O–H groups in total. The van der Waals surface area contributed by atoms with Gasteiger partial charge >= 0.3 is 0 Å². The Morgan fingerprint density at radius 1 is 1.30 bits per heavy atom. The van der Waals surface area contributed by atoms with E-state index in [1.807, 2.05) is 13.8 Å². The Kier molecular flexibility index (Phi) is 5.36. The van der Waals surface area contributed by atoms with Crippen molar-refractivity contribution < 1.29 is 13.6 Å². The monoisotopic (exact) mass is 282 g/mol. The van der Waals surface area contributed by atoms with Crippen molar-refractivity contribution in [3.63, 3.8) is 0 Å². The first-order chi connectivity index (χ1) is 9.29. The van der Waals surface area contributed by atoms with Gasteiger partial charge in [-0.25, -0.2) is 13.8 Å². The van der Waals surface area contributed by atoms with Crippen molar-refractivity contribution in [2.45, 2.75) is 46.0 Å². The number of hydrogen-bond acceptors (Lipinski definition) is 1. The third-order valence-corrected chi connectivity index (χ3v) is 3.15. The van der Waals surface area contributed by atoms with E-state index in [4.69, 9.17) is 5.73 Å². The minimum absolute atomic E-state index is 0.0211. The SMILES string of the molecule is CC(C)c1cc(F)c(F)c(C(C)C)c1CC(=O)N=CN. The Labute approximate surface area is 117 Å². The van der Waals surface area contributed by atoms with Gasteiger partial charge in [0, 0.05) is 0 Å². The molecule has 1 amide bonds. The number of nitrogens with zero attached hydrogens (tertiary/aromatic N) is 1. The molecule has 0 radical (unpaired) electrons. The van der Waals surface area contributed by atoms with Gasteiger partial charge in [0.25, 0.3) is 5.91 Å². The van der Waals surface area contributed by atoms with E-state index in [9.17, 15) is 13.6 Å². The molecule has 0 bridgehead atoms. The van der Waals surface area contributed by atoms with Gasteiger partial charge in [-0.1, -0.05) is 27.7 Å². The molecule has 20 heavy (non-hydrogen) atoms. The highest BCUT2D eigenvalue weighted by Gasteiger charge is 2.23. The zero-order chi connectivity index (χ0) is 15.4. The second-order valence-electron chi connectivity index (χ2n) is 5.31. The molecule has 0 heterocycles. The van der Waals surface area contributed by atoms with Gasteiger partial charge in [0.15, 0.2) is 11.6 Å². The summed E-state index contributed by atoms with van der Waals surface area (Å²) in [6.07, 6.45) is 0.832. The summed E-state index contributed by atoms with van der Waals surface area (Å²) in [7, 11) is 0. The number of hydrogen-bond donors (Lipinski definition) is 1. The molecule has 0 saturated heterocycles. The molecular weight excluding hydrogens is 262 g/mol. The lowest BCUT2D eigenvalue weighted by Crippen LogP contribution is -2.13. The Morgan fingerprint density at radius 2 is 1.90 bits per heavy atom. The van der Waals surface area contributed by atoms with E-state index >= 15 is 0 Å². The summed E-state index contributed by atoms with van der Waals surface area (Å²) in [4.78, 5) is 15.1. The van der Waals surface area contributed by atoms with Crippen molar-refractivity contribution in [2.24, 2.45) is 10.7 Å². The minimum Gasteiger partial charge on any atom is -0.390 e. The number of carbonyl (C=O) groups excluding carboxylic acids is 1. The van der Waals surface area contributed by atoms with Crippen LogP contribution in [0.1, 0.15) is 56.2 Å². The molecule has 0 aliphatic carbocycles. The van der Waals surface area contributed by atoms with Gasteiger partial charge in [-0.15, -0.1) is 0 Å². The largest absolute Gasteiger partial charge is 0.390 e. The highest BCUT2D eigenvalue weighted by Crippen LogP contribution is 2.32. The Balaban J connectivity index is 3.50. The van der Waals surface area contributed by atoms with Gasteiger partial charge < -0.3 is 5.73 Å². The fourth-order valence-corrected chi connectivity index (χ4v) is 2.30. The minimum atomic E-state index is -0.885. The molecule has 3 nitrogen and oxygen atoms in total. The highest BCUT2D eigenvalue weighted by molar-refractivity contribution is 5.86. The fourth-order valence-electron chi connectivity index (χ4n) is 2.30. The van der Waals surface area contributed by atoms with Crippen molar-refractivity contribution in [1.82, 2.24) is 0 Å². The fraction of sp³-hybridized carbons (Fsp3) is 0.467. The lowest BCUT2D eigenvalue weighted by Gasteiger charge is -2.20. The molecule has 0 unspecified atom stereocenters. The number of benzene rings is 1. The molecule has 1 aromatic carbocycles. The summed E-state index contributed by atoms with van der Waals surface area (Å²) in [5.74, 6) is -2.48. The van der Waals surface area contributed by atoms with Crippen molar-refractivity contribution in [2.75, 3.05) is 0 Å². The average Bonchev–Trinajstić information content (AvgIpc) is 2.33. The molecule has 110 valence electrons. The van der Waals surface area contributed by atoms with E-state index < -0.39 is 17.5 Å². The van der Waals surface area contributed by atoms with Crippen LogP contribution >= 0.6 is 0 Å². The Morgan fingerprint density at radius 3 is 2.35 bits per heavy atom. The van der Waals surface area contributed by atoms with E-state index in [1.54, 1.807) is 13.8 Å². The summed E-state index contributed by atoms with van der Waals surface area (Å²) in [5.41, 5.74) is 6.48. The van der Waals surface area contributed by atoms with Gasteiger partial charge in [0.05, 0.1) is 12.8 Å². The predicted molar refractivity (Wildman–Crippen MR) is 75.9 cm³/mol. The lowest BCUT2D eigenvalue weighted by molar-refractivity contribution is -0.117. The summed E-state index contributed by atoms with van der Waals surface area (Å²) >= 11 is 0. The predicted octanol–water partition coefficient (Wildman–Crippen LogP) is 3.27. The third kappa shape index (κ3) is 3.40. The first-order valence-electron chi connectivity index (χ1n) is 6.57. The van der Waals surface area contributed by atoms with Crippen LogP contribution in [0.15, 0.2) is 11.1 Å². The van der Waals surface area contributed by atoms with Gasteiger partial charge in [0.1, 0.15) is 0 Å². The van der Waals surface area contributed by atoms with Crippen LogP contribution in [0.25, 0.3) is 0 Å². The Bertz CT molecular complexity index is 537. The molecule has 0 aliphatic rings. The van der Waals surface area contributed by atoms with Crippen LogP contribution in [0.2, 0.25) is 0 Å². The normalized spacial score (nSPS) is 11.8. The molecule has 0 fully saturated rings. The first-order valence-corrected chi connectivity index (χ1v) is 6.57. The number of halogens is 2. The van der Waals surface area contributed by atoms with Crippen molar-refractivity contribution >= 4 is 12.2 Å². The molecular formula is C15H20F2N2O. The van der Waals surface area contributed by atoms with E-state index in [0.29, 0.717) is 11.1 Å². The van der Waals surface area contributed by atoms with Crippen LogP contribution < -0.4 is 5.73 Å². The van der Waals surface area contributed by atoms with Crippen LogP contribution in [0.5, 0.6) is 0 Å². The van der Waals surface area contributed by atoms with Crippen LogP contribution in [0, 0.1) is 11.6 Å². The number of aliphatic imine (C=N–C) groups is 1. The van der Waals surface area contributed by atoms with Crippen molar-refractivity contribution in [3.8, 4) is 0 Å². The molecule has 0 aliphatic heterocycles. The standard InChI is InChI=1S/C15H20F2N2O/c1-8(2)10-5-12(16)15(17)14(9(3)4)11(10)6-13(20)19-7-18/h5,7-9H,6H2,1-4H3,(H2,18,19,20). The van der Waals surface area contributed by atoms with Gasteiger partial charge in [-0.05, 0) is 34.6 Å². The molecule has 0 aromatic heterocycles. The van der Waals surface area contributed by atoms with Crippen molar-refractivity contribution in [1.29, 1.82) is 0 Å². The smallest absolute Gasteiger partial charge is 0.251 e. The average molecular weight is 282 g/mol. The van der Waals surface area contributed by atoms with Gasteiger partial charge in [-0.3, -0.25) is 4.79 Å². The van der Waals surface area contributed by atoms with Crippen LogP contribution in [-0.4, -0.2) is 12.2 Å². The first kappa shape index (κ1) is 16.3. The van der Waals surface area contributed by atoms with Crippen LogP contribution in [-0.2, 0) is 11.2 Å². The van der Waals surface area contributed by atoms with Crippen LogP contribution in [0.3, 0.4) is 0 Å². The number of nitrogens with two attached hydrogens (primary N) is 1. The number of carbonyl (C=O) groups is 1. The van der Waals surface area contributed by atoms with Gasteiger partial charge in [-0.2, -0.15) is 0 Å². The van der Waals surface area contributed by atoms with Gasteiger partial charge in [0.2, 0.25) is 0 Å². The second-order valence-corrected chi connectivity index (χ2v) is 5.31. The zero-order valence-electron chi connectivity index (χ0n) is 12.2. The van der Waals surface area contributed by atoms with E-state index in [1.165, 1.54) is 6.07 Å². The summed E-state index contributed by atoms with van der Waals surface area (Å²) in [6.45, 7) is 7.28. The quantitative estimate of drug-likeness (QED) is 0.680. The van der Waals surface area contributed by atoms with E-state index in [-0.39, 0.29) is 23.8 Å². The Hall–Kier alpha value is -1.78. The summed E-state index contributed by atoms with van der Waals surface area (Å²) in [6, 6.07) is 1.17. The topological polar surface area (TPSA) is 55.5 Å². The molecule has 0 saturated carbocycles. The highest BCUT2D eigenvalue weighted by atomic mass is 19.2. The summed E-state index contributed by atoms with van der Waals surface area (Å²) in [5, 5.41) is 0. The van der Waals surface area contributed by atoms with Crippen molar-refractivity contribution in [3.05, 3.63) is 34.4 Å². The lowest BCUT2D eigenvalue weighted by atomic mass is 9.86. The molecule has 1 rings (SSSR count). The van der Waals surface area contributed by atoms with E-state index in [2.05, 4.69) is 4.99 Å². The third-order valence-electron chi connectivity index (χ3n) is 3.15. The second kappa shape index (κ2) is 6.59. The maximum atomic E-state index is 14.0. The van der Waals surface area contributed by atoms with E-state index in [0.717, 1.165) is 6.34 Å².